The highest BCUT2D eigenvalue weighted by Gasteiger charge is 2.17. The molecule has 0 amide bonds. The maximum Gasteiger partial charge on any atom is 0.244 e. The molecule has 0 aromatic carbocycles. The normalized spacial score (nSPS) is 12.6. The average Bonchev–Trinajstić information content (AvgIpc) is 2.95. The quantitative estimate of drug-likeness (QED) is 0.724. The molecule has 3 rings (SSSR count). The standard InChI is InChI=1S/C11H13N7O/c1-6(2)19-10-9(7-3-14-15-4-7)13-5-8-16-11(12)17-18(8)10/h3-6H,1-2H3,(H2,12,17)(H,14,15)/i6D. The minimum Gasteiger partial charge on any atom is -0.473 e. The number of aromatic nitrogens is 6. The van der Waals surface area contributed by atoms with Crippen LogP contribution < -0.4 is 10.5 Å². The van der Waals surface area contributed by atoms with Crippen LogP contribution in [-0.2, 0) is 0 Å². The van der Waals surface area contributed by atoms with Crippen molar-refractivity contribution in [2.75, 3.05) is 5.73 Å². The second-order valence-electron chi connectivity index (χ2n) is 4.15. The van der Waals surface area contributed by atoms with Crippen molar-refractivity contribution in [3.63, 3.8) is 0 Å². The lowest BCUT2D eigenvalue weighted by Gasteiger charge is -2.13. The van der Waals surface area contributed by atoms with Gasteiger partial charge in [-0.1, -0.05) is 0 Å². The number of ether oxygens (including phenoxy) is 1. The number of hydrogen-bond acceptors (Lipinski definition) is 6. The lowest BCUT2D eigenvalue weighted by atomic mass is 10.2. The molecule has 0 aliphatic heterocycles. The highest BCUT2D eigenvalue weighted by Crippen LogP contribution is 2.28. The molecule has 8 heteroatoms. The van der Waals surface area contributed by atoms with Gasteiger partial charge in [-0.25, -0.2) is 4.98 Å². The van der Waals surface area contributed by atoms with Crippen LogP contribution in [0.4, 0.5) is 5.95 Å². The van der Waals surface area contributed by atoms with Crippen molar-refractivity contribution < 1.29 is 6.11 Å². The van der Waals surface area contributed by atoms with E-state index in [9.17, 15) is 0 Å². The number of rotatable bonds is 3. The molecule has 0 atom stereocenters. The van der Waals surface area contributed by atoms with Crippen LogP contribution in [0.25, 0.3) is 16.9 Å². The SMILES string of the molecule is [2H]C(C)(C)Oc1c(-c2cn[nH]c2)ncc2nc(N)nn12. The van der Waals surface area contributed by atoms with Gasteiger partial charge in [0.2, 0.25) is 11.8 Å². The molecule has 0 aliphatic rings. The molecule has 0 unspecified atom stereocenters. The topological polar surface area (TPSA) is 107 Å². The zero-order valence-corrected chi connectivity index (χ0v) is 10.5. The summed E-state index contributed by atoms with van der Waals surface area (Å²) in [4.78, 5) is 8.33. The largest absolute Gasteiger partial charge is 0.473 e. The minimum absolute atomic E-state index is 0.115. The second-order valence-corrected chi connectivity index (χ2v) is 4.15. The van der Waals surface area contributed by atoms with E-state index in [2.05, 4.69) is 25.3 Å². The van der Waals surface area contributed by atoms with Crippen molar-refractivity contribution in [1.29, 1.82) is 0 Å². The van der Waals surface area contributed by atoms with Gasteiger partial charge in [0.25, 0.3) is 0 Å². The van der Waals surface area contributed by atoms with Gasteiger partial charge in [-0.3, -0.25) is 5.10 Å². The van der Waals surface area contributed by atoms with Gasteiger partial charge in [0.05, 0.1) is 19.8 Å². The zero-order valence-electron chi connectivity index (χ0n) is 11.5. The average molecular weight is 260 g/mol. The number of nitrogens with two attached hydrogens (primary N) is 1. The van der Waals surface area contributed by atoms with E-state index in [1.807, 2.05) is 0 Å². The molecule has 3 aromatic rings. The van der Waals surface area contributed by atoms with Gasteiger partial charge in [-0.2, -0.15) is 14.6 Å². The molecule has 3 aromatic heterocycles. The van der Waals surface area contributed by atoms with Crippen molar-refractivity contribution >= 4 is 11.6 Å². The smallest absolute Gasteiger partial charge is 0.244 e. The summed E-state index contributed by atoms with van der Waals surface area (Å²) in [7, 11) is 0. The third kappa shape index (κ3) is 1.96. The molecule has 98 valence electrons. The predicted octanol–water partition coefficient (Wildman–Crippen LogP) is 0.884. The number of nitrogen functional groups attached to an aromatic ring is 1. The van der Waals surface area contributed by atoms with Crippen LogP contribution in [0.1, 0.15) is 15.2 Å². The Kier molecular flexibility index (Phi) is 2.29. The number of aromatic amines is 1. The predicted molar refractivity (Wildman–Crippen MR) is 68.5 cm³/mol. The fraction of sp³-hybridized carbons (Fsp3) is 0.273. The summed E-state index contributed by atoms with van der Waals surface area (Å²) in [5, 5.41) is 10.7. The van der Waals surface area contributed by atoms with E-state index in [4.69, 9.17) is 11.8 Å². The van der Waals surface area contributed by atoms with Crippen LogP contribution >= 0.6 is 0 Å². The monoisotopic (exact) mass is 260 g/mol. The van der Waals surface area contributed by atoms with Gasteiger partial charge < -0.3 is 10.5 Å². The molecule has 0 fully saturated rings. The summed E-state index contributed by atoms with van der Waals surface area (Å²) in [6, 6.07) is 0. The van der Waals surface area contributed by atoms with Crippen molar-refractivity contribution in [2.45, 2.75) is 19.9 Å². The van der Waals surface area contributed by atoms with Crippen molar-refractivity contribution in [3.8, 4) is 17.1 Å². The molecule has 0 saturated heterocycles. The van der Waals surface area contributed by atoms with Gasteiger partial charge in [-0.05, 0) is 13.8 Å². The van der Waals surface area contributed by atoms with Crippen LogP contribution in [0.15, 0.2) is 18.6 Å². The lowest BCUT2D eigenvalue weighted by Crippen LogP contribution is -2.11. The zero-order chi connectivity index (χ0) is 14.3. The number of fused-ring (bicyclic) bond motifs is 1. The number of H-pyrrole nitrogens is 1. The highest BCUT2D eigenvalue weighted by atomic mass is 16.5. The first-order valence-corrected chi connectivity index (χ1v) is 5.63. The van der Waals surface area contributed by atoms with Crippen LogP contribution in [0.5, 0.6) is 5.88 Å². The number of anilines is 1. The third-order valence-corrected chi connectivity index (χ3v) is 2.43. The maximum absolute atomic E-state index is 7.91. The second kappa shape index (κ2) is 4.23. The summed E-state index contributed by atoms with van der Waals surface area (Å²) in [5.41, 5.74) is 7.29. The lowest BCUT2D eigenvalue weighted by molar-refractivity contribution is 0.227. The first-order chi connectivity index (χ1) is 9.44. The Hall–Kier alpha value is -2.64. The van der Waals surface area contributed by atoms with E-state index in [1.165, 1.54) is 10.7 Å². The number of nitrogens with one attached hydrogen (secondary N) is 1. The molecule has 19 heavy (non-hydrogen) atoms. The summed E-state index contributed by atoms with van der Waals surface area (Å²) < 4.78 is 15.0. The Morgan fingerprint density at radius 2 is 2.32 bits per heavy atom. The first-order valence-electron chi connectivity index (χ1n) is 6.13. The van der Waals surface area contributed by atoms with Crippen LogP contribution in [0.3, 0.4) is 0 Å². The maximum atomic E-state index is 7.91. The molecule has 0 aliphatic carbocycles. The Morgan fingerprint density at radius 3 is 3.00 bits per heavy atom. The van der Waals surface area contributed by atoms with E-state index in [1.54, 1.807) is 26.2 Å². The summed E-state index contributed by atoms with van der Waals surface area (Å²) in [6.45, 7) is 3.23. The molecule has 0 bridgehead atoms. The van der Waals surface area contributed by atoms with E-state index in [-0.39, 0.29) is 5.95 Å². The highest BCUT2D eigenvalue weighted by molar-refractivity contribution is 5.65. The van der Waals surface area contributed by atoms with E-state index >= 15 is 0 Å². The van der Waals surface area contributed by atoms with Crippen LogP contribution in [-0.4, -0.2) is 35.9 Å². The molecular weight excluding hydrogens is 246 g/mol. The Morgan fingerprint density at radius 1 is 1.47 bits per heavy atom. The molecule has 3 heterocycles. The molecule has 0 spiro atoms. The Balaban J connectivity index is 2.26. The molecule has 0 saturated carbocycles. The van der Waals surface area contributed by atoms with Gasteiger partial charge in [0.1, 0.15) is 5.69 Å². The number of nitrogens with zero attached hydrogens (tertiary/aromatic N) is 5. The van der Waals surface area contributed by atoms with Gasteiger partial charge in [-0.15, -0.1) is 5.10 Å². The fourth-order valence-electron chi connectivity index (χ4n) is 1.71. The number of hydrogen-bond donors (Lipinski definition) is 2. The minimum atomic E-state index is -1.16. The third-order valence-electron chi connectivity index (χ3n) is 2.43. The molecule has 0 radical (unpaired) electrons. The fourth-order valence-corrected chi connectivity index (χ4v) is 1.71. The van der Waals surface area contributed by atoms with E-state index in [0.29, 0.717) is 17.2 Å². The first kappa shape index (κ1) is 10.3. The van der Waals surface area contributed by atoms with Crippen molar-refractivity contribution in [1.82, 2.24) is 29.8 Å². The Bertz CT molecular complexity index is 744. The van der Waals surface area contributed by atoms with Crippen molar-refractivity contribution in [2.24, 2.45) is 0 Å². The van der Waals surface area contributed by atoms with E-state index < -0.39 is 6.08 Å². The summed E-state index contributed by atoms with van der Waals surface area (Å²) in [5.74, 6) is 0.414. The summed E-state index contributed by atoms with van der Waals surface area (Å²) >= 11 is 0. The van der Waals surface area contributed by atoms with E-state index in [0.717, 1.165) is 5.56 Å². The molecule has 8 nitrogen and oxygen atoms in total. The molecule has 3 N–H and O–H groups in total. The Labute approximate surface area is 110 Å². The van der Waals surface area contributed by atoms with Crippen LogP contribution in [0, 0.1) is 0 Å². The van der Waals surface area contributed by atoms with Gasteiger partial charge in [0, 0.05) is 11.8 Å². The van der Waals surface area contributed by atoms with Crippen molar-refractivity contribution in [3.05, 3.63) is 18.6 Å². The molecular formula is C11H13N7O. The van der Waals surface area contributed by atoms with Gasteiger partial charge in [0.15, 0.2) is 5.65 Å². The van der Waals surface area contributed by atoms with Gasteiger partial charge >= 0.3 is 0 Å². The van der Waals surface area contributed by atoms with Crippen LogP contribution in [0.2, 0.25) is 0 Å². The summed E-state index contributed by atoms with van der Waals surface area (Å²) in [6.07, 6.45) is 3.67.